The van der Waals surface area contributed by atoms with Crippen LogP contribution >= 0.6 is 0 Å². The Balaban J connectivity index is 1.71. The summed E-state index contributed by atoms with van der Waals surface area (Å²) in [6.45, 7) is 4.13. The van der Waals surface area contributed by atoms with E-state index in [1.165, 1.54) is 12.3 Å². The van der Waals surface area contributed by atoms with Crippen molar-refractivity contribution in [3.05, 3.63) is 88.0 Å². The van der Waals surface area contributed by atoms with E-state index in [-0.39, 0.29) is 17.8 Å². The smallest absolute Gasteiger partial charge is 0.227 e. The first-order valence-corrected chi connectivity index (χ1v) is 7.66. The molecule has 0 saturated heterocycles. The van der Waals surface area contributed by atoms with Gasteiger partial charge in [-0.2, -0.15) is 0 Å². The minimum Gasteiger partial charge on any atom is -0.486 e. The fraction of sp³-hybridized carbons (Fsp3) is 0.150. The average molecular weight is 322 g/mol. The van der Waals surface area contributed by atoms with Gasteiger partial charge in [0.1, 0.15) is 30.1 Å². The zero-order valence-electron chi connectivity index (χ0n) is 13.6. The molecule has 0 aliphatic rings. The third-order valence-electron chi connectivity index (χ3n) is 3.53. The maximum atomic E-state index is 12.2. The molecule has 2 aromatic carbocycles. The molecule has 0 aliphatic carbocycles. The topological polar surface area (TPSA) is 48.7 Å². The molecule has 0 saturated carbocycles. The second kappa shape index (κ2) is 7.04. The van der Waals surface area contributed by atoms with Crippen molar-refractivity contribution in [2.45, 2.75) is 20.5 Å². The third kappa shape index (κ3) is 3.84. The lowest BCUT2D eigenvalue weighted by molar-refractivity contribution is 0.264. The van der Waals surface area contributed by atoms with Gasteiger partial charge in [-0.25, -0.2) is 0 Å². The summed E-state index contributed by atoms with van der Waals surface area (Å²) in [6.07, 6.45) is 1.32. The molecule has 0 amide bonds. The Hall–Kier alpha value is -3.01. The van der Waals surface area contributed by atoms with Crippen LogP contribution in [0.2, 0.25) is 0 Å². The van der Waals surface area contributed by atoms with E-state index in [9.17, 15) is 4.79 Å². The first kappa shape index (κ1) is 15.9. The van der Waals surface area contributed by atoms with Gasteiger partial charge in [0.15, 0.2) is 0 Å². The highest BCUT2D eigenvalue weighted by atomic mass is 16.5. The van der Waals surface area contributed by atoms with E-state index in [4.69, 9.17) is 13.9 Å². The second-order valence-electron chi connectivity index (χ2n) is 5.55. The van der Waals surface area contributed by atoms with Crippen LogP contribution in [0.1, 0.15) is 16.9 Å². The molecular weight excluding hydrogens is 304 g/mol. The molecule has 3 aromatic rings. The van der Waals surface area contributed by atoms with Crippen molar-refractivity contribution in [3.63, 3.8) is 0 Å². The number of benzene rings is 2. The Morgan fingerprint density at radius 2 is 1.75 bits per heavy atom. The van der Waals surface area contributed by atoms with Gasteiger partial charge in [-0.1, -0.05) is 35.9 Å². The van der Waals surface area contributed by atoms with Crippen LogP contribution in [0.5, 0.6) is 17.2 Å². The first-order valence-electron chi connectivity index (χ1n) is 7.66. The van der Waals surface area contributed by atoms with Crippen molar-refractivity contribution in [2.75, 3.05) is 0 Å². The van der Waals surface area contributed by atoms with Crippen LogP contribution in [0.25, 0.3) is 0 Å². The standard InChI is InChI=1S/C20H18O4/c1-14-8-9-19(15(2)10-14)24-20-13-23-17(11-18(20)21)12-22-16-6-4-3-5-7-16/h3-11,13H,12H2,1-2H3. The predicted molar refractivity (Wildman–Crippen MR) is 91.7 cm³/mol. The van der Waals surface area contributed by atoms with Crippen molar-refractivity contribution < 1.29 is 13.9 Å². The fourth-order valence-corrected chi connectivity index (χ4v) is 2.29. The van der Waals surface area contributed by atoms with Gasteiger partial charge in [0.25, 0.3) is 0 Å². The highest BCUT2D eigenvalue weighted by Gasteiger charge is 2.08. The van der Waals surface area contributed by atoms with E-state index in [1.54, 1.807) is 0 Å². The van der Waals surface area contributed by atoms with Gasteiger partial charge in [0.2, 0.25) is 11.2 Å². The van der Waals surface area contributed by atoms with Crippen LogP contribution in [0.4, 0.5) is 0 Å². The Morgan fingerprint density at radius 1 is 0.958 bits per heavy atom. The summed E-state index contributed by atoms with van der Waals surface area (Å²) in [4.78, 5) is 12.2. The largest absolute Gasteiger partial charge is 0.486 e. The van der Waals surface area contributed by atoms with Crippen LogP contribution in [0, 0.1) is 13.8 Å². The SMILES string of the molecule is Cc1ccc(Oc2coc(COc3ccccc3)cc2=O)c(C)c1. The molecular formula is C20H18O4. The molecule has 24 heavy (non-hydrogen) atoms. The molecule has 0 bridgehead atoms. The summed E-state index contributed by atoms with van der Waals surface area (Å²) in [7, 11) is 0. The zero-order chi connectivity index (χ0) is 16.9. The van der Waals surface area contributed by atoms with Crippen LogP contribution in [0.15, 0.2) is 70.1 Å². The number of hydrogen-bond donors (Lipinski definition) is 0. The second-order valence-corrected chi connectivity index (χ2v) is 5.55. The van der Waals surface area contributed by atoms with Crippen molar-refractivity contribution in [3.8, 4) is 17.2 Å². The highest BCUT2D eigenvalue weighted by Crippen LogP contribution is 2.24. The van der Waals surface area contributed by atoms with E-state index >= 15 is 0 Å². The van der Waals surface area contributed by atoms with Crippen molar-refractivity contribution >= 4 is 0 Å². The summed E-state index contributed by atoms with van der Waals surface area (Å²) in [5.74, 6) is 1.96. The summed E-state index contributed by atoms with van der Waals surface area (Å²) in [5.41, 5.74) is 1.86. The van der Waals surface area contributed by atoms with Gasteiger partial charge in [0, 0.05) is 6.07 Å². The lowest BCUT2D eigenvalue weighted by Gasteiger charge is -2.09. The molecule has 1 heterocycles. The van der Waals surface area contributed by atoms with E-state index < -0.39 is 0 Å². The number of aryl methyl sites for hydroxylation is 2. The van der Waals surface area contributed by atoms with E-state index in [2.05, 4.69) is 0 Å². The molecule has 0 aliphatic heterocycles. The number of ether oxygens (including phenoxy) is 2. The Kier molecular flexibility index (Phi) is 4.66. The fourth-order valence-electron chi connectivity index (χ4n) is 2.29. The maximum absolute atomic E-state index is 12.2. The van der Waals surface area contributed by atoms with Gasteiger partial charge < -0.3 is 13.9 Å². The maximum Gasteiger partial charge on any atom is 0.227 e. The van der Waals surface area contributed by atoms with E-state index in [1.807, 2.05) is 62.4 Å². The normalized spacial score (nSPS) is 10.4. The molecule has 0 radical (unpaired) electrons. The summed E-state index contributed by atoms with van der Waals surface area (Å²) < 4.78 is 16.7. The summed E-state index contributed by atoms with van der Waals surface area (Å²) >= 11 is 0. The number of rotatable bonds is 5. The van der Waals surface area contributed by atoms with Gasteiger partial charge >= 0.3 is 0 Å². The van der Waals surface area contributed by atoms with Crippen LogP contribution < -0.4 is 14.9 Å². The molecule has 0 unspecified atom stereocenters. The quantitative estimate of drug-likeness (QED) is 0.687. The van der Waals surface area contributed by atoms with E-state index in [0.29, 0.717) is 11.5 Å². The van der Waals surface area contributed by atoms with Crippen molar-refractivity contribution in [1.82, 2.24) is 0 Å². The van der Waals surface area contributed by atoms with Crippen LogP contribution in [-0.4, -0.2) is 0 Å². The average Bonchev–Trinajstić information content (AvgIpc) is 2.58. The molecule has 0 N–H and O–H groups in total. The Bertz CT molecular complexity index is 882. The minimum atomic E-state index is -0.243. The molecule has 1 aromatic heterocycles. The van der Waals surface area contributed by atoms with Crippen LogP contribution in [0.3, 0.4) is 0 Å². The lowest BCUT2D eigenvalue weighted by Crippen LogP contribution is -2.06. The molecule has 4 heteroatoms. The monoisotopic (exact) mass is 322 g/mol. The van der Waals surface area contributed by atoms with Crippen molar-refractivity contribution in [2.24, 2.45) is 0 Å². The zero-order valence-corrected chi connectivity index (χ0v) is 13.6. The number of hydrogen-bond acceptors (Lipinski definition) is 4. The first-order chi connectivity index (χ1) is 11.6. The molecule has 0 spiro atoms. The molecule has 0 fully saturated rings. The molecule has 0 atom stereocenters. The predicted octanol–water partition coefficient (Wildman–Crippen LogP) is 4.63. The highest BCUT2D eigenvalue weighted by molar-refractivity contribution is 5.38. The van der Waals surface area contributed by atoms with Crippen molar-refractivity contribution in [1.29, 1.82) is 0 Å². The van der Waals surface area contributed by atoms with Crippen LogP contribution in [-0.2, 0) is 6.61 Å². The van der Waals surface area contributed by atoms with Gasteiger partial charge in [-0.15, -0.1) is 0 Å². The van der Waals surface area contributed by atoms with Gasteiger partial charge in [-0.3, -0.25) is 4.79 Å². The van der Waals surface area contributed by atoms with E-state index in [0.717, 1.165) is 16.9 Å². The minimum absolute atomic E-state index is 0.158. The molecule has 122 valence electrons. The Morgan fingerprint density at radius 3 is 2.46 bits per heavy atom. The molecule has 3 rings (SSSR count). The summed E-state index contributed by atoms with van der Waals surface area (Å²) in [5, 5.41) is 0. The van der Waals surface area contributed by atoms with Gasteiger partial charge in [-0.05, 0) is 37.6 Å². The third-order valence-corrected chi connectivity index (χ3v) is 3.53. The lowest BCUT2D eigenvalue weighted by atomic mass is 10.1. The summed E-state index contributed by atoms with van der Waals surface area (Å²) in [6, 6.07) is 16.5. The Labute approximate surface area is 140 Å². The number of para-hydroxylation sites is 1. The molecule has 4 nitrogen and oxygen atoms in total. The van der Waals surface area contributed by atoms with Gasteiger partial charge in [0.05, 0.1) is 0 Å².